The van der Waals surface area contributed by atoms with E-state index in [0.29, 0.717) is 12.3 Å². The first-order chi connectivity index (χ1) is 7.24. The smallest absolute Gasteiger partial charge is 0.338 e. The van der Waals surface area contributed by atoms with Gasteiger partial charge in [0.15, 0.2) is 0 Å². The van der Waals surface area contributed by atoms with Crippen molar-refractivity contribution < 1.29 is 14.3 Å². The highest BCUT2D eigenvalue weighted by Gasteiger charge is 2.06. The van der Waals surface area contributed by atoms with Crippen molar-refractivity contribution in [3.05, 3.63) is 35.8 Å². The fourth-order valence-corrected chi connectivity index (χ4v) is 1.15. The van der Waals surface area contributed by atoms with Gasteiger partial charge in [-0.25, -0.2) is 4.79 Å². The van der Waals surface area contributed by atoms with Crippen molar-refractivity contribution >= 4 is 5.97 Å². The zero-order valence-electron chi connectivity index (χ0n) is 8.69. The summed E-state index contributed by atoms with van der Waals surface area (Å²) in [6.07, 6.45) is 6.28. The SMILES string of the molecule is C/C=C/CCNCc1cc(C(=O)O)co1. The minimum Gasteiger partial charge on any atom is -0.478 e. The zero-order valence-corrected chi connectivity index (χ0v) is 8.69. The molecule has 0 bridgehead atoms. The number of carboxylic acids is 1. The Morgan fingerprint density at radius 1 is 1.67 bits per heavy atom. The van der Waals surface area contributed by atoms with E-state index >= 15 is 0 Å². The number of rotatable bonds is 6. The van der Waals surface area contributed by atoms with Crippen LogP contribution in [0.4, 0.5) is 0 Å². The predicted octanol–water partition coefficient (Wildman–Crippen LogP) is 2.03. The van der Waals surface area contributed by atoms with Gasteiger partial charge in [-0.3, -0.25) is 0 Å². The minimum atomic E-state index is -0.959. The Labute approximate surface area is 88.6 Å². The van der Waals surface area contributed by atoms with E-state index in [1.54, 1.807) is 0 Å². The van der Waals surface area contributed by atoms with E-state index in [0.717, 1.165) is 13.0 Å². The van der Waals surface area contributed by atoms with Crippen LogP contribution in [0.2, 0.25) is 0 Å². The first-order valence-electron chi connectivity index (χ1n) is 4.86. The third-order valence-electron chi connectivity index (χ3n) is 1.92. The molecule has 15 heavy (non-hydrogen) atoms. The van der Waals surface area contributed by atoms with Crippen LogP contribution in [0.15, 0.2) is 28.9 Å². The molecule has 0 saturated heterocycles. The van der Waals surface area contributed by atoms with Crippen LogP contribution in [0.25, 0.3) is 0 Å². The Balaban J connectivity index is 2.28. The number of furan rings is 1. The second kappa shape index (κ2) is 6.03. The average Bonchev–Trinajstić information content (AvgIpc) is 2.66. The molecule has 2 N–H and O–H groups in total. The lowest BCUT2D eigenvalue weighted by Gasteiger charge is -1.98. The number of carbonyl (C=O) groups is 1. The minimum absolute atomic E-state index is 0.195. The molecule has 0 unspecified atom stereocenters. The van der Waals surface area contributed by atoms with Gasteiger partial charge in [0.25, 0.3) is 0 Å². The molecule has 1 rings (SSSR count). The second-order valence-electron chi connectivity index (χ2n) is 3.14. The molecule has 0 aromatic carbocycles. The molecular weight excluding hydrogens is 194 g/mol. The molecule has 1 aromatic rings. The first kappa shape index (κ1) is 11.5. The van der Waals surface area contributed by atoms with Crippen LogP contribution in [0.5, 0.6) is 0 Å². The van der Waals surface area contributed by atoms with E-state index in [-0.39, 0.29) is 5.56 Å². The van der Waals surface area contributed by atoms with Crippen LogP contribution in [-0.2, 0) is 6.54 Å². The third-order valence-corrected chi connectivity index (χ3v) is 1.92. The van der Waals surface area contributed by atoms with Crippen LogP contribution >= 0.6 is 0 Å². The molecule has 0 fully saturated rings. The van der Waals surface area contributed by atoms with E-state index in [1.807, 2.05) is 13.0 Å². The Bertz CT molecular complexity index is 341. The highest BCUT2D eigenvalue weighted by molar-refractivity contribution is 5.87. The summed E-state index contributed by atoms with van der Waals surface area (Å²) in [6, 6.07) is 1.53. The lowest BCUT2D eigenvalue weighted by Crippen LogP contribution is -2.13. The van der Waals surface area contributed by atoms with Crippen molar-refractivity contribution in [2.45, 2.75) is 19.9 Å². The topological polar surface area (TPSA) is 62.5 Å². The van der Waals surface area contributed by atoms with Gasteiger partial charge in [-0.05, 0) is 26.0 Å². The van der Waals surface area contributed by atoms with Crippen molar-refractivity contribution in [1.82, 2.24) is 5.32 Å². The van der Waals surface area contributed by atoms with Crippen molar-refractivity contribution in [2.75, 3.05) is 6.54 Å². The molecular formula is C11H15NO3. The molecule has 4 heteroatoms. The lowest BCUT2D eigenvalue weighted by molar-refractivity contribution is 0.0696. The molecule has 0 amide bonds. The van der Waals surface area contributed by atoms with Gasteiger partial charge in [-0.15, -0.1) is 0 Å². The molecule has 0 atom stereocenters. The van der Waals surface area contributed by atoms with Crippen molar-refractivity contribution in [3.63, 3.8) is 0 Å². The Morgan fingerprint density at radius 3 is 3.07 bits per heavy atom. The average molecular weight is 209 g/mol. The summed E-state index contributed by atoms with van der Waals surface area (Å²) >= 11 is 0. The molecule has 0 aliphatic rings. The Morgan fingerprint density at radius 2 is 2.47 bits per heavy atom. The molecule has 82 valence electrons. The molecule has 0 aliphatic heterocycles. The first-order valence-corrected chi connectivity index (χ1v) is 4.86. The molecule has 0 radical (unpaired) electrons. The summed E-state index contributed by atoms with van der Waals surface area (Å²) in [4.78, 5) is 10.5. The largest absolute Gasteiger partial charge is 0.478 e. The van der Waals surface area contributed by atoms with Crippen molar-refractivity contribution in [3.8, 4) is 0 Å². The van der Waals surface area contributed by atoms with Gasteiger partial charge in [0, 0.05) is 0 Å². The number of carboxylic acid groups (broad SMARTS) is 1. The fraction of sp³-hybridized carbons (Fsp3) is 0.364. The molecule has 1 aromatic heterocycles. The van der Waals surface area contributed by atoms with Crippen LogP contribution in [0.3, 0.4) is 0 Å². The van der Waals surface area contributed by atoms with Gasteiger partial charge < -0.3 is 14.8 Å². The van der Waals surface area contributed by atoms with Crippen LogP contribution < -0.4 is 5.32 Å². The van der Waals surface area contributed by atoms with Gasteiger partial charge in [-0.1, -0.05) is 12.2 Å². The standard InChI is InChI=1S/C11H15NO3/c1-2-3-4-5-12-7-10-6-9(8-15-10)11(13)14/h2-3,6,8,12H,4-5,7H2,1H3,(H,13,14)/b3-2+. The van der Waals surface area contributed by atoms with E-state index in [1.165, 1.54) is 12.3 Å². The monoisotopic (exact) mass is 209 g/mol. The molecule has 1 heterocycles. The number of nitrogens with one attached hydrogen (secondary N) is 1. The van der Waals surface area contributed by atoms with Crippen molar-refractivity contribution in [1.29, 1.82) is 0 Å². The van der Waals surface area contributed by atoms with E-state index in [4.69, 9.17) is 9.52 Å². The Kier molecular flexibility index (Phi) is 4.63. The molecule has 0 spiro atoms. The maximum absolute atomic E-state index is 10.5. The summed E-state index contributed by atoms with van der Waals surface area (Å²) in [5.41, 5.74) is 0.195. The van der Waals surface area contributed by atoms with Gasteiger partial charge >= 0.3 is 5.97 Å². The number of hydrogen-bond donors (Lipinski definition) is 2. The van der Waals surface area contributed by atoms with Gasteiger partial charge in [0.1, 0.15) is 12.0 Å². The number of hydrogen-bond acceptors (Lipinski definition) is 3. The molecule has 0 saturated carbocycles. The summed E-state index contributed by atoms with van der Waals surface area (Å²) < 4.78 is 5.07. The maximum atomic E-state index is 10.5. The quantitative estimate of drug-likeness (QED) is 0.556. The highest BCUT2D eigenvalue weighted by Crippen LogP contribution is 2.07. The summed E-state index contributed by atoms with van der Waals surface area (Å²) in [6.45, 7) is 3.39. The molecule has 4 nitrogen and oxygen atoms in total. The van der Waals surface area contributed by atoms with Gasteiger partial charge in [0.2, 0.25) is 0 Å². The second-order valence-corrected chi connectivity index (χ2v) is 3.14. The van der Waals surface area contributed by atoms with Crippen LogP contribution in [0.1, 0.15) is 29.5 Å². The third kappa shape index (κ3) is 3.99. The van der Waals surface area contributed by atoms with Crippen LogP contribution in [-0.4, -0.2) is 17.6 Å². The highest BCUT2D eigenvalue weighted by atomic mass is 16.4. The summed E-state index contributed by atoms with van der Waals surface area (Å²) in [5, 5.41) is 11.8. The van der Waals surface area contributed by atoms with E-state index < -0.39 is 5.97 Å². The fourth-order valence-electron chi connectivity index (χ4n) is 1.15. The number of aromatic carboxylic acids is 1. The lowest BCUT2D eigenvalue weighted by atomic mass is 10.3. The van der Waals surface area contributed by atoms with E-state index in [9.17, 15) is 4.79 Å². The maximum Gasteiger partial charge on any atom is 0.338 e. The van der Waals surface area contributed by atoms with Gasteiger partial charge in [-0.2, -0.15) is 0 Å². The Hall–Kier alpha value is -1.55. The zero-order chi connectivity index (χ0) is 11.1. The number of allylic oxidation sites excluding steroid dienone is 1. The van der Waals surface area contributed by atoms with Crippen LogP contribution in [0, 0.1) is 0 Å². The van der Waals surface area contributed by atoms with E-state index in [2.05, 4.69) is 11.4 Å². The predicted molar refractivity (Wildman–Crippen MR) is 56.8 cm³/mol. The summed E-state index contributed by atoms with van der Waals surface area (Å²) in [7, 11) is 0. The van der Waals surface area contributed by atoms with Gasteiger partial charge in [0.05, 0.1) is 12.1 Å². The molecule has 0 aliphatic carbocycles. The normalized spacial score (nSPS) is 11.0. The van der Waals surface area contributed by atoms with Crippen molar-refractivity contribution in [2.24, 2.45) is 0 Å². The summed E-state index contributed by atoms with van der Waals surface area (Å²) in [5.74, 6) is -0.313.